The largest absolute Gasteiger partial charge is 0.494 e. The molecular weight excluding hydrogens is 1590 g/mol. The van der Waals surface area contributed by atoms with Gasteiger partial charge in [-0.2, -0.15) is 0 Å². The Labute approximate surface area is 697 Å². The predicted molar refractivity (Wildman–Crippen MR) is 451 cm³/mol. The molecule has 18 rings (SSSR count). The third-order valence-corrected chi connectivity index (χ3v) is 27.3. The molecule has 121 heavy (non-hydrogen) atoms. The van der Waals surface area contributed by atoms with Crippen LogP contribution in [0.3, 0.4) is 0 Å². The smallest absolute Gasteiger partial charge is 0.242 e. The van der Waals surface area contributed by atoms with Gasteiger partial charge in [0.2, 0.25) is 20.0 Å². The van der Waals surface area contributed by atoms with E-state index in [4.69, 9.17) is 37.0 Å². The molecule has 4 aromatic heterocycles. The number of ether oxygens (including phenoxy) is 4. The second kappa shape index (κ2) is 37.1. The Hall–Kier alpha value is -11.1. The van der Waals surface area contributed by atoms with E-state index in [1.165, 1.54) is 26.8 Å². The molecule has 27 nitrogen and oxygen atoms in total. The van der Waals surface area contributed by atoms with Gasteiger partial charge in [-0.3, -0.25) is 38.4 Å². The number of aromatic nitrogens is 4. The van der Waals surface area contributed by atoms with Crippen molar-refractivity contribution in [3.63, 3.8) is 0 Å². The highest BCUT2D eigenvalue weighted by atomic mass is 32.2. The monoisotopic (exact) mass is 1680 g/mol. The summed E-state index contributed by atoms with van der Waals surface area (Å²) < 4.78 is 96.0. The molecule has 4 aliphatic carbocycles. The SMILES string of the molecule is CC(=O)CCCOc1ccc2c(ccc3onc(C4CCC(=O)CC4=O)c32)c1.CN(C)S(=O)(=O)c1ccc2c(ccc3onc(C4CCC(=O)CC4=O)c32)c1.CS(=O)(=O)N1CCC(CCCOc2ccc3c(ccc4onc(C5CCC(=O)CC5=O)c43)c2)CC1.O=C1CCC(c2noc3ccc4cc(OCCCC5CCOCC5)ccc4c23)C(=O)C1. The zero-order valence-corrected chi connectivity index (χ0v) is 69.7. The number of benzene rings is 8. The number of piperidine rings is 1. The van der Waals surface area contributed by atoms with Gasteiger partial charge in [-0.1, -0.05) is 51.0 Å². The van der Waals surface area contributed by atoms with Crippen molar-refractivity contribution in [2.75, 3.05) is 66.5 Å². The molecule has 0 bridgehead atoms. The maximum atomic E-state index is 12.5. The number of ketones is 9. The lowest BCUT2D eigenvalue weighted by molar-refractivity contribution is -0.132. The Morgan fingerprint density at radius 1 is 0.421 bits per heavy atom. The van der Waals surface area contributed by atoms with E-state index in [-0.39, 0.29) is 88.5 Å². The van der Waals surface area contributed by atoms with E-state index in [2.05, 4.69) is 20.6 Å². The summed E-state index contributed by atoms with van der Waals surface area (Å²) >= 11 is 0. The van der Waals surface area contributed by atoms with Crippen LogP contribution in [0.4, 0.5) is 0 Å². The van der Waals surface area contributed by atoms with Crippen molar-refractivity contribution in [1.29, 1.82) is 0 Å². The number of carbonyl (C=O) groups excluding carboxylic acids is 9. The summed E-state index contributed by atoms with van der Waals surface area (Å²) in [6.45, 7) is 6.35. The number of carbonyl (C=O) groups is 9. The van der Waals surface area contributed by atoms with Crippen molar-refractivity contribution >= 4 is 159 Å². The van der Waals surface area contributed by atoms with Gasteiger partial charge in [-0.05, 0) is 236 Å². The standard InChI is InChI=1S/C26H30N2O6S.C25H27NO5.C22H21NO5.C19H18N2O5S/c1-35(31,32)28-12-10-17(11-13-28)3-2-14-33-20-6-8-21-18(15-20)4-9-24-25(21)26(27-34-24)22-7-5-19(29)16-23(22)30;27-18-4-6-21(22(28)15-18)25-24-20-7-5-19(14-17(20)3-8-23(24)31-26-25)30-11-1-2-16-9-12-29-13-10-16;1-13(24)3-2-10-27-16-6-8-17-14(11-16)4-9-20-21(17)22(23-28-20)18-7-5-15(25)12-19(18)26;1-21(2)27(24,25)13-5-7-14-11(9-13)3-8-17-18(14)19(20-26-17)15-6-4-12(22)10-16(15)23/h4,6,8-9,15,17,22H,2-3,5,7,10-14,16H2,1H3;3,5,7-8,14,16,21H,1-2,4,6,9-13,15H2;4,6,8-9,11,18H,2-3,5,7,10,12H2,1H3;3,5,7-9,15H,4,6,10H2,1-2H3. The van der Waals surface area contributed by atoms with Gasteiger partial charge in [0.1, 0.15) is 92.1 Å². The molecule has 4 saturated carbocycles. The molecular formula is C92H96N6O21S2. The second-order valence-corrected chi connectivity index (χ2v) is 36.9. The van der Waals surface area contributed by atoms with Crippen LogP contribution in [0.25, 0.3) is 87.0 Å². The predicted octanol–water partition coefficient (Wildman–Crippen LogP) is 16.0. The molecule has 0 N–H and O–H groups in total. The molecule has 8 aromatic carbocycles. The van der Waals surface area contributed by atoms with E-state index >= 15 is 0 Å². The molecule has 6 aliphatic rings. The van der Waals surface area contributed by atoms with Gasteiger partial charge in [0.25, 0.3) is 0 Å². The van der Waals surface area contributed by atoms with Crippen LogP contribution in [0.1, 0.15) is 195 Å². The van der Waals surface area contributed by atoms with Crippen molar-refractivity contribution in [2.24, 2.45) is 11.8 Å². The molecule has 632 valence electrons. The van der Waals surface area contributed by atoms with Gasteiger partial charge in [-0.25, -0.2) is 25.4 Å². The zero-order chi connectivity index (χ0) is 84.8. The maximum absolute atomic E-state index is 12.5. The minimum atomic E-state index is -3.55. The summed E-state index contributed by atoms with van der Waals surface area (Å²) in [5.41, 5.74) is 4.88. The highest BCUT2D eigenvalue weighted by Crippen LogP contribution is 2.43. The van der Waals surface area contributed by atoms with Gasteiger partial charge >= 0.3 is 0 Å². The Morgan fingerprint density at radius 2 is 0.744 bits per heavy atom. The van der Waals surface area contributed by atoms with E-state index < -0.39 is 37.8 Å². The lowest BCUT2D eigenvalue weighted by atomic mass is 9.83. The fourth-order valence-electron chi connectivity index (χ4n) is 17.5. The minimum absolute atomic E-state index is 0.00431. The summed E-state index contributed by atoms with van der Waals surface area (Å²) in [5.74, 6) is 1.71. The van der Waals surface area contributed by atoms with Crippen LogP contribution in [0.15, 0.2) is 144 Å². The van der Waals surface area contributed by atoms with Gasteiger partial charge in [0.15, 0.2) is 22.3 Å². The molecule has 0 radical (unpaired) electrons. The van der Waals surface area contributed by atoms with E-state index in [0.717, 1.165) is 139 Å². The number of rotatable bonds is 22. The molecule has 29 heteroatoms. The van der Waals surface area contributed by atoms with Gasteiger partial charge < -0.3 is 41.8 Å². The Bertz CT molecular complexity index is 6260. The van der Waals surface area contributed by atoms with Gasteiger partial charge in [0, 0.05) is 72.5 Å². The second-order valence-electron chi connectivity index (χ2n) is 32.7. The molecule has 6 heterocycles. The summed E-state index contributed by atoms with van der Waals surface area (Å²) in [7, 11) is -3.67. The Kier molecular flexibility index (Phi) is 26.0. The quantitative estimate of drug-likeness (QED) is 0.0449. The number of Topliss-reactive ketones (excluding diaryl/α,β-unsaturated/α-hetero) is 9. The summed E-state index contributed by atoms with van der Waals surface area (Å²) in [4.78, 5) is 107. The average Bonchev–Trinajstić information content (AvgIpc) is 1.67. The van der Waals surface area contributed by atoms with Crippen molar-refractivity contribution < 1.29 is 97.0 Å². The molecule has 4 unspecified atom stereocenters. The molecule has 0 amide bonds. The van der Waals surface area contributed by atoms with E-state index in [1.54, 1.807) is 41.6 Å². The third-order valence-electron chi connectivity index (χ3n) is 24.2. The number of hydrogen-bond donors (Lipinski definition) is 0. The minimum Gasteiger partial charge on any atom is -0.494 e. The van der Waals surface area contributed by atoms with Crippen LogP contribution >= 0.6 is 0 Å². The molecule has 2 aliphatic heterocycles. The van der Waals surface area contributed by atoms with Crippen LogP contribution in [0.5, 0.6) is 17.2 Å². The highest BCUT2D eigenvalue weighted by Gasteiger charge is 2.38. The van der Waals surface area contributed by atoms with E-state index in [1.807, 2.05) is 91.0 Å². The first-order valence-electron chi connectivity index (χ1n) is 41.6. The highest BCUT2D eigenvalue weighted by molar-refractivity contribution is 7.89. The third kappa shape index (κ3) is 19.3. The normalized spacial score (nSPS) is 19.4. The van der Waals surface area contributed by atoms with Crippen LogP contribution < -0.4 is 14.2 Å². The van der Waals surface area contributed by atoms with Crippen LogP contribution in [0, 0.1) is 11.8 Å². The molecule has 0 spiro atoms. The number of sulfonamides is 2. The molecule has 6 fully saturated rings. The van der Waals surface area contributed by atoms with E-state index in [9.17, 15) is 60.0 Å². The fourth-order valence-corrected chi connectivity index (χ4v) is 19.3. The van der Waals surface area contributed by atoms with Crippen molar-refractivity contribution in [3.05, 3.63) is 144 Å². The first-order valence-corrected chi connectivity index (χ1v) is 44.9. The molecule has 12 aromatic rings. The van der Waals surface area contributed by atoms with Gasteiger partial charge in [-0.15, -0.1) is 0 Å². The molecule has 2 saturated heterocycles. The summed E-state index contributed by atoms with van der Waals surface area (Å²) in [6, 6.07) is 37.5. The lowest BCUT2D eigenvalue weighted by Gasteiger charge is -2.30. The first-order chi connectivity index (χ1) is 58.3. The van der Waals surface area contributed by atoms with Crippen LogP contribution in [-0.4, -0.2) is 165 Å². The zero-order valence-electron chi connectivity index (χ0n) is 68.1. The summed E-state index contributed by atoms with van der Waals surface area (Å²) in [6.07, 6.45) is 14.0. The van der Waals surface area contributed by atoms with Gasteiger partial charge in [0.05, 0.1) is 102 Å². The Balaban J connectivity index is 0.000000126. The van der Waals surface area contributed by atoms with Crippen LogP contribution in [0.2, 0.25) is 0 Å². The number of hydrogen-bond acceptors (Lipinski definition) is 25. The van der Waals surface area contributed by atoms with Crippen molar-refractivity contribution in [3.8, 4) is 17.2 Å². The average molecular weight is 1690 g/mol. The fraction of sp³-hybridized carbons (Fsp3) is 0.424. The van der Waals surface area contributed by atoms with E-state index in [0.29, 0.717) is 159 Å². The van der Waals surface area contributed by atoms with Crippen LogP contribution in [-0.2, 0) is 67.9 Å². The lowest BCUT2D eigenvalue weighted by Crippen LogP contribution is -2.37. The number of nitrogens with zero attached hydrogens (tertiary/aromatic N) is 6. The van der Waals surface area contributed by atoms with Crippen molar-refractivity contribution in [1.82, 2.24) is 29.2 Å². The first kappa shape index (κ1) is 84.9. The topological polar surface area (TPSA) is 369 Å². The Morgan fingerprint density at radius 3 is 1.07 bits per heavy atom. The maximum Gasteiger partial charge on any atom is 0.242 e. The number of fused-ring (bicyclic) bond motifs is 12. The molecule has 4 atom stereocenters. The van der Waals surface area contributed by atoms with Crippen molar-refractivity contribution in [2.45, 2.75) is 177 Å². The summed E-state index contributed by atoms with van der Waals surface area (Å²) in [5, 5.41) is 27.3.